The molecule has 1 unspecified atom stereocenters. The molecule has 0 saturated carbocycles. The lowest BCUT2D eigenvalue weighted by Gasteiger charge is -2.26. The molecule has 7 nitrogen and oxygen atoms in total. The molecule has 0 spiro atoms. The summed E-state index contributed by atoms with van der Waals surface area (Å²) in [4.78, 5) is 34.8. The molecular formula is C18H32IN5O2. The monoisotopic (exact) mass is 477 g/mol. The largest absolute Gasteiger partial charge is 0.357 e. The van der Waals surface area contributed by atoms with E-state index in [0.717, 1.165) is 25.6 Å². The van der Waals surface area contributed by atoms with E-state index in [0.29, 0.717) is 38.4 Å². The SMILES string of the molecule is CCNC(=NCCN1C(=O)CCCC1=O)N1CCC(N2CCCC2)C1.I. The zero-order valence-electron chi connectivity index (χ0n) is 15.8. The molecule has 3 rings (SSSR count). The molecule has 0 radical (unpaired) electrons. The number of hydrogen-bond donors (Lipinski definition) is 1. The standard InChI is InChI=1S/C18H31N5O2.HI/c1-2-19-18(20-9-13-23-16(24)6-5-7-17(23)25)22-12-8-15(14-22)21-10-3-4-11-21;/h15H,2-14H2,1H3,(H,19,20);1H. The van der Waals surface area contributed by atoms with Gasteiger partial charge in [0.15, 0.2) is 5.96 Å². The molecule has 8 heteroatoms. The number of imide groups is 1. The van der Waals surface area contributed by atoms with Crippen LogP contribution in [0.15, 0.2) is 4.99 Å². The first-order valence-corrected chi connectivity index (χ1v) is 9.79. The van der Waals surface area contributed by atoms with Gasteiger partial charge in [-0.15, -0.1) is 24.0 Å². The maximum Gasteiger partial charge on any atom is 0.229 e. The Kier molecular flexibility index (Phi) is 8.59. The maximum absolute atomic E-state index is 11.9. The number of rotatable bonds is 5. The van der Waals surface area contributed by atoms with E-state index in [1.807, 2.05) is 0 Å². The molecule has 0 aromatic rings. The average Bonchev–Trinajstić information content (AvgIpc) is 3.27. The number of carbonyl (C=O) groups is 2. The molecule has 0 aromatic heterocycles. The van der Waals surface area contributed by atoms with Crippen LogP contribution in [0.3, 0.4) is 0 Å². The van der Waals surface area contributed by atoms with Gasteiger partial charge in [-0.25, -0.2) is 0 Å². The third kappa shape index (κ3) is 5.31. The Bertz CT molecular complexity index is 506. The van der Waals surface area contributed by atoms with Crippen molar-refractivity contribution >= 4 is 41.8 Å². The van der Waals surface area contributed by atoms with Gasteiger partial charge in [0.2, 0.25) is 11.8 Å². The van der Waals surface area contributed by atoms with E-state index >= 15 is 0 Å². The number of hydrogen-bond acceptors (Lipinski definition) is 4. The summed E-state index contributed by atoms with van der Waals surface area (Å²) in [5, 5.41) is 3.36. The van der Waals surface area contributed by atoms with Gasteiger partial charge in [0.1, 0.15) is 0 Å². The Hall–Kier alpha value is -0.900. The second-order valence-corrected chi connectivity index (χ2v) is 7.16. The van der Waals surface area contributed by atoms with E-state index in [9.17, 15) is 9.59 Å². The average molecular weight is 477 g/mol. The van der Waals surface area contributed by atoms with Crippen LogP contribution < -0.4 is 5.32 Å². The van der Waals surface area contributed by atoms with E-state index in [4.69, 9.17) is 0 Å². The van der Waals surface area contributed by atoms with Crippen molar-refractivity contribution in [3.05, 3.63) is 0 Å². The summed E-state index contributed by atoms with van der Waals surface area (Å²) in [6.45, 7) is 8.27. The fourth-order valence-electron chi connectivity index (χ4n) is 4.07. The molecule has 3 aliphatic rings. The summed E-state index contributed by atoms with van der Waals surface area (Å²) < 4.78 is 0. The predicted molar refractivity (Wildman–Crippen MR) is 113 cm³/mol. The molecule has 3 heterocycles. The molecule has 3 aliphatic heterocycles. The molecule has 3 saturated heterocycles. The Morgan fingerprint density at radius 1 is 1.12 bits per heavy atom. The van der Waals surface area contributed by atoms with Crippen LogP contribution >= 0.6 is 24.0 Å². The van der Waals surface area contributed by atoms with Crippen molar-refractivity contribution < 1.29 is 9.59 Å². The van der Waals surface area contributed by atoms with Crippen molar-refractivity contribution in [3.8, 4) is 0 Å². The first-order valence-electron chi connectivity index (χ1n) is 9.79. The molecule has 26 heavy (non-hydrogen) atoms. The van der Waals surface area contributed by atoms with Gasteiger partial charge in [-0.2, -0.15) is 0 Å². The van der Waals surface area contributed by atoms with Crippen LogP contribution in [0, 0.1) is 0 Å². The minimum absolute atomic E-state index is 0. The van der Waals surface area contributed by atoms with Crippen molar-refractivity contribution in [3.63, 3.8) is 0 Å². The van der Waals surface area contributed by atoms with E-state index in [2.05, 4.69) is 27.0 Å². The smallest absolute Gasteiger partial charge is 0.229 e. The van der Waals surface area contributed by atoms with Gasteiger partial charge in [-0.1, -0.05) is 0 Å². The van der Waals surface area contributed by atoms with E-state index in [1.54, 1.807) is 0 Å². The number of amides is 2. The first-order chi connectivity index (χ1) is 12.2. The molecule has 0 bridgehead atoms. The van der Waals surface area contributed by atoms with Gasteiger partial charge in [-0.05, 0) is 45.7 Å². The van der Waals surface area contributed by atoms with Crippen LogP contribution in [0.25, 0.3) is 0 Å². The minimum atomic E-state index is -0.0493. The topological polar surface area (TPSA) is 68.2 Å². The fraction of sp³-hybridized carbons (Fsp3) is 0.833. The van der Waals surface area contributed by atoms with Gasteiger partial charge in [0, 0.05) is 45.1 Å². The van der Waals surface area contributed by atoms with Crippen molar-refractivity contribution in [1.29, 1.82) is 0 Å². The number of halogens is 1. The maximum atomic E-state index is 11.9. The molecule has 3 fully saturated rings. The minimum Gasteiger partial charge on any atom is -0.357 e. The van der Waals surface area contributed by atoms with Crippen LogP contribution in [-0.4, -0.2) is 84.3 Å². The highest BCUT2D eigenvalue weighted by Crippen LogP contribution is 2.20. The van der Waals surface area contributed by atoms with E-state index < -0.39 is 0 Å². The van der Waals surface area contributed by atoms with Crippen molar-refractivity contribution in [2.75, 3.05) is 45.8 Å². The first kappa shape index (κ1) is 21.4. The Morgan fingerprint density at radius 2 is 1.81 bits per heavy atom. The molecule has 1 atom stereocenters. The number of piperidine rings is 1. The van der Waals surface area contributed by atoms with Gasteiger partial charge < -0.3 is 10.2 Å². The highest BCUT2D eigenvalue weighted by molar-refractivity contribution is 14.0. The zero-order valence-corrected chi connectivity index (χ0v) is 18.1. The number of carbonyl (C=O) groups excluding carboxylic acids is 2. The van der Waals surface area contributed by atoms with Crippen LogP contribution in [0.5, 0.6) is 0 Å². The van der Waals surface area contributed by atoms with Gasteiger partial charge in [0.25, 0.3) is 0 Å². The van der Waals surface area contributed by atoms with Crippen LogP contribution in [-0.2, 0) is 9.59 Å². The second-order valence-electron chi connectivity index (χ2n) is 7.16. The van der Waals surface area contributed by atoms with E-state index in [-0.39, 0.29) is 35.8 Å². The molecule has 0 aromatic carbocycles. The van der Waals surface area contributed by atoms with Crippen LogP contribution in [0.2, 0.25) is 0 Å². The van der Waals surface area contributed by atoms with Gasteiger partial charge in [-0.3, -0.25) is 24.4 Å². The summed E-state index contributed by atoms with van der Waals surface area (Å²) in [7, 11) is 0. The second kappa shape index (κ2) is 10.4. The highest BCUT2D eigenvalue weighted by atomic mass is 127. The van der Waals surface area contributed by atoms with Crippen molar-refractivity contribution in [2.24, 2.45) is 4.99 Å². The van der Waals surface area contributed by atoms with E-state index in [1.165, 1.54) is 37.3 Å². The van der Waals surface area contributed by atoms with Gasteiger partial charge in [0.05, 0.1) is 6.54 Å². The highest BCUT2D eigenvalue weighted by Gasteiger charge is 2.31. The fourth-order valence-corrected chi connectivity index (χ4v) is 4.07. The lowest BCUT2D eigenvalue weighted by atomic mass is 10.1. The quantitative estimate of drug-likeness (QED) is 0.280. The predicted octanol–water partition coefficient (Wildman–Crippen LogP) is 1.28. The summed E-state index contributed by atoms with van der Waals surface area (Å²) in [6.07, 6.45) is 5.49. The van der Waals surface area contributed by atoms with Gasteiger partial charge >= 0.3 is 0 Å². The number of aliphatic imine (C=N–C) groups is 1. The zero-order chi connectivity index (χ0) is 17.6. The summed E-state index contributed by atoms with van der Waals surface area (Å²) in [5.41, 5.74) is 0. The lowest BCUT2D eigenvalue weighted by molar-refractivity contribution is -0.147. The third-order valence-electron chi connectivity index (χ3n) is 5.42. The Balaban J connectivity index is 0.00000243. The van der Waals surface area contributed by atoms with Crippen LogP contribution in [0.4, 0.5) is 0 Å². The van der Waals surface area contributed by atoms with Crippen LogP contribution in [0.1, 0.15) is 45.4 Å². The Labute approximate surface area is 173 Å². The van der Waals surface area contributed by atoms with Crippen molar-refractivity contribution in [1.82, 2.24) is 20.0 Å². The number of guanidine groups is 1. The summed E-state index contributed by atoms with van der Waals surface area (Å²) in [6, 6.07) is 0.636. The number of likely N-dealkylation sites (tertiary alicyclic amines) is 3. The molecule has 1 N–H and O–H groups in total. The summed E-state index contributed by atoms with van der Waals surface area (Å²) >= 11 is 0. The molecule has 2 amide bonds. The number of nitrogens with one attached hydrogen (secondary N) is 1. The number of nitrogens with zero attached hydrogens (tertiary/aromatic N) is 4. The summed E-state index contributed by atoms with van der Waals surface area (Å²) in [5.74, 6) is 0.819. The lowest BCUT2D eigenvalue weighted by Crippen LogP contribution is -2.44. The molecule has 148 valence electrons. The Morgan fingerprint density at radius 3 is 2.46 bits per heavy atom. The molecular weight excluding hydrogens is 445 g/mol. The van der Waals surface area contributed by atoms with Crippen molar-refractivity contribution in [2.45, 2.75) is 51.5 Å². The third-order valence-corrected chi connectivity index (χ3v) is 5.42. The normalized spacial score (nSPS) is 25.0. The molecule has 0 aliphatic carbocycles.